The number of aromatic nitrogens is 4. The molecule has 1 saturated heterocycles. The maximum absolute atomic E-state index is 12.7. The second-order valence-corrected chi connectivity index (χ2v) is 7.19. The summed E-state index contributed by atoms with van der Waals surface area (Å²) in [5.74, 6) is 0.105. The van der Waals surface area contributed by atoms with Crippen molar-refractivity contribution in [1.82, 2.24) is 19.7 Å². The molecule has 3 N–H and O–H groups in total. The molecule has 1 saturated carbocycles. The minimum absolute atomic E-state index is 0.230. The Bertz CT molecular complexity index is 989. The van der Waals surface area contributed by atoms with Crippen LogP contribution in [-0.4, -0.2) is 38.1 Å². The molecule has 10 heteroatoms. The van der Waals surface area contributed by atoms with Crippen molar-refractivity contribution in [3.05, 3.63) is 24.7 Å². The van der Waals surface area contributed by atoms with E-state index in [1.54, 1.807) is 29.3 Å². The molecule has 3 heterocycles. The average Bonchev–Trinajstić information content (AvgIpc) is 3.28. The molecule has 1 aliphatic heterocycles. The summed E-state index contributed by atoms with van der Waals surface area (Å²) in [6.07, 6.45) is 7.09. The van der Waals surface area contributed by atoms with Crippen molar-refractivity contribution in [3.8, 4) is 6.07 Å². The molecule has 2 fully saturated rings. The SMILES string of the molecule is CC[C@]1(C#N)CCN(c2ccnc(Nc3cnn(C4(C(N)=O)CC4)c3)n2)C1=O. The predicted molar refractivity (Wildman–Crippen MR) is 99.3 cm³/mol. The lowest BCUT2D eigenvalue weighted by Gasteiger charge is -2.19. The molecule has 0 unspecified atom stereocenters. The van der Waals surface area contributed by atoms with E-state index in [0.717, 1.165) is 0 Å². The van der Waals surface area contributed by atoms with Crippen LogP contribution in [0, 0.1) is 16.7 Å². The van der Waals surface area contributed by atoms with Gasteiger partial charge in [0.1, 0.15) is 16.8 Å². The number of carbonyl (C=O) groups is 2. The lowest BCUT2D eigenvalue weighted by molar-refractivity contribution is -0.123. The van der Waals surface area contributed by atoms with Crippen LogP contribution in [0.5, 0.6) is 0 Å². The molecular formula is C18H20N8O2. The van der Waals surface area contributed by atoms with E-state index in [4.69, 9.17) is 5.73 Å². The van der Waals surface area contributed by atoms with E-state index in [1.807, 2.05) is 6.92 Å². The number of nitrogens with two attached hydrogens (primary N) is 1. The number of carbonyl (C=O) groups excluding carboxylic acids is 2. The number of anilines is 3. The molecule has 4 rings (SSSR count). The summed E-state index contributed by atoms with van der Waals surface area (Å²) in [6.45, 7) is 2.28. The maximum atomic E-state index is 12.7. The number of hydrogen-bond donors (Lipinski definition) is 2. The second kappa shape index (κ2) is 6.30. The molecule has 144 valence electrons. The summed E-state index contributed by atoms with van der Waals surface area (Å²) in [6, 6.07) is 3.80. The van der Waals surface area contributed by atoms with Crippen molar-refractivity contribution < 1.29 is 9.59 Å². The summed E-state index contributed by atoms with van der Waals surface area (Å²) in [5, 5.41) is 16.7. The van der Waals surface area contributed by atoms with Crippen molar-refractivity contribution in [2.45, 2.75) is 38.1 Å². The molecule has 1 aliphatic carbocycles. The molecule has 10 nitrogen and oxygen atoms in total. The molecule has 0 radical (unpaired) electrons. The van der Waals surface area contributed by atoms with E-state index in [-0.39, 0.29) is 5.91 Å². The Morgan fingerprint density at radius 2 is 2.21 bits per heavy atom. The van der Waals surface area contributed by atoms with E-state index in [9.17, 15) is 14.9 Å². The van der Waals surface area contributed by atoms with E-state index in [2.05, 4.69) is 26.5 Å². The smallest absolute Gasteiger partial charge is 0.248 e. The first-order valence-electron chi connectivity index (χ1n) is 9.12. The van der Waals surface area contributed by atoms with E-state index in [1.165, 1.54) is 4.90 Å². The zero-order chi connectivity index (χ0) is 19.9. The van der Waals surface area contributed by atoms with Crippen LogP contribution >= 0.6 is 0 Å². The third kappa shape index (κ3) is 2.67. The molecule has 28 heavy (non-hydrogen) atoms. The number of nitriles is 1. The molecule has 2 aromatic rings. The van der Waals surface area contributed by atoms with Gasteiger partial charge in [0.2, 0.25) is 17.8 Å². The minimum atomic E-state index is -0.979. The van der Waals surface area contributed by atoms with Crippen LogP contribution in [0.2, 0.25) is 0 Å². The first-order chi connectivity index (χ1) is 13.4. The highest BCUT2D eigenvalue weighted by Crippen LogP contribution is 2.43. The number of primary amides is 1. The maximum Gasteiger partial charge on any atom is 0.248 e. The Morgan fingerprint density at radius 3 is 2.82 bits per heavy atom. The van der Waals surface area contributed by atoms with Crippen molar-refractivity contribution in [2.75, 3.05) is 16.8 Å². The van der Waals surface area contributed by atoms with Gasteiger partial charge in [-0.1, -0.05) is 6.92 Å². The number of amides is 2. The van der Waals surface area contributed by atoms with E-state index < -0.39 is 16.9 Å². The number of hydrogen-bond acceptors (Lipinski definition) is 7. The average molecular weight is 380 g/mol. The predicted octanol–water partition coefficient (Wildman–Crippen LogP) is 1.05. The Morgan fingerprint density at radius 1 is 1.43 bits per heavy atom. The quantitative estimate of drug-likeness (QED) is 0.762. The van der Waals surface area contributed by atoms with Crippen molar-refractivity contribution in [1.29, 1.82) is 5.26 Å². The van der Waals surface area contributed by atoms with Gasteiger partial charge in [0.25, 0.3) is 0 Å². The highest BCUT2D eigenvalue weighted by molar-refractivity contribution is 6.01. The van der Waals surface area contributed by atoms with Gasteiger partial charge in [-0.25, -0.2) is 4.98 Å². The first kappa shape index (κ1) is 17.9. The van der Waals surface area contributed by atoms with Crippen LogP contribution in [-0.2, 0) is 15.1 Å². The fraction of sp³-hybridized carbons (Fsp3) is 0.444. The zero-order valence-corrected chi connectivity index (χ0v) is 15.4. The third-order valence-corrected chi connectivity index (χ3v) is 5.61. The highest BCUT2D eigenvalue weighted by Gasteiger charge is 2.51. The normalized spacial score (nSPS) is 22.7. The summed E-state index contributed by atoms with van der Waals surface area (Å²) in [5.41, 5.74) is 4.37. The van der Waals surface area contributed by atoms with Crippen molar-refractivity contribution >= 4 is 29.3 Å². The van der Waals surface area contributed by atoms with Gasteiger partial charge in [-0.2, -0.15) is 15.3 Å². The van der Waals surface area contributed by atoms with Crippen LogP contribution in [0.15, 0.2) is 24.7 Å². The molecule has 2 aliphatic rings. The highest BCUT2D eigenvalue weighted by atomic mass is 16.2. The van der Waals surface area contributed by atoms with Crippen LogP contribution in [0.1, 0.15) is 32.6 Å². The molecule has 0 bridgehead atoms. The molecule has 0 spiro atoms. The van der Waals surface area contributed by atoms with Crippen LogP contribution in [0.25, 0.3) is 0 Å². The van der Waals surface area contributed by atoms with Gasteiger partial charge in [0, 0.05) is 18.9 Å². The van der Waals surface area contributed by atoms with Crippen LogP contribution < -0.4 is 16.0 Å². The molecule has 1 atom stereocenters. The largest absolute Gasteiger partial charge is 0.368 e. The van der Waals surface area contributed by atoms with Gasteiger partial charge in [0.05, 0.1) is 18.0 Å². The van der Waals surface area contributed by atoms with Gasteiger partial charge in [-0.05, 0) is 31.7 Å². The molecule has 2 aromatic heterocycles. The second-order valence-electron chi connectivity index (χ2n) is 7.19. The monoisotopic (exact) mass is 380 g/mol. The number of nitrogens with one attached hydrogen (secondary N) is 1. The van der Waals surface area contributed by atoms with Gasteiger partial charge >= 0.3 is 0 Å². The van der Waals surface area contributed by atoms with Gasteiger partial charge in [0.15, 0.2) is 0 Å². The molecule has 2 amide bonds. The van der Waals surface area contributed by atoms with Crippen molar-refractivity contribution in [2.24, 2.45) is 11.1 Å². The Balaban J connectivity index is 1.53. The van der Waals surface area contributed by atoms with Gasteiger partial charge < -0.3 is 11.1 Å². The fourth-order valence-corrected chi connectivity index (χ4v) is 3.52. The topological polar surface area (TPSA) is 143 Å². The minimum Gasteiger partial charge on any atom is -0.368 e. The molecular weight excluding hydrogens is 360 g/mol. The van der Waals surface area contributed by atoms with Crippen LogP contribution in [0.3, 0.4) is 0 Å². The molecule has 0 aromatic carbocycles. The summed E-state index contributed by atoms with van der Waals surface area (Å²) in [7, 11) is 0. The first-order valence-corrected chi connectivity index (χ1v) is 9.12. The summed E-state index contributed by atoms with van der Waals surface area (Å²) in [4.78, 5) is 34.4. The lowest BCUT2D eigenvalue weighted by Crippen LogP contribution is -2.34. The fourth-order valence-electron chi connectivity index (χ4n) is 3.52. The summed E-state index contributed by atoms with van der Waals surface area (Å²) < 4.78 is 1.56. The van der Waals surface area contributed by atoms with E-state index in [0.29, 0.717) is 49.7 Å². The van der Waals surface area contributed by atoms with E-state index >= 15 is 0 Å². The Kier molecular flexibility index (Phi) is 4.03. The van der Waals surface area contributed by atoms with Gasteiger partial charge in [-0.15, -0.1) is 0 Å². The zero-order valence-electron chi connectivity index (χ0n) is 15.4. The van der Waals surface area contributed by atoms with Gasteiger partial charge in [-0.3, -0.25) is 19.2 Å². The Labute approximate surface area is 161 Å². The van der Waals surface area contributed by atoms with Crippen molar-refractivity contribution in [3.63, 3.8) is 0 Å². The summed E-state index contributed by atoms with van der Waals surface area (Å²) >= 11 is 0. The number of nitrogens with zero attached hydrogens (tertiary/aromatic N) is 6. The standard InChI is InChI=1S/C18H20N8O2/c1-2-17(11-19)6-8-25(15(17)28)13-3-7-21-16(24-13)23-12-9-22-26(10-12)18(4-5-18)14(20)27/h3,7,9-10H,2,4-6,8H2,1H3,(H2,20,27)(H,21,23,24)/t17-/m1/s1. The van der Waals surface area contributed by atoms with Crippen LogP contribution in [0.4, 0.5) is 17.5 Å². The number of rotatable bonds is 6. The Hall–Kier alpha value is -3.48. The third-order valence-electron chi connectivity index (χ3n) is 5.61. The lowest BCUT2D eigenvalue weighted by atomic mass is 9.85.